The molecule has 1 aromatic carbocycles. The molecular formula is C15H19NOS. The highest BCUT2D eigenvalue weighted by molar-refractivity contribution is 7.07. The Morgan fingerprint density at radius 1 is 1.28 bits per heavy atom. The summed E-state index contributed by atoms with van der Waals surface area (Å²) in [6.07, 6.45) is -0.415. The van der Waals surface area contributed by atoms with Gasteiger partial charge < -0.3 is 10.4 Å². The molecule has 0 aliphatic carbocycles. The van der Waals surface area contributed by atoms with E-state index in [0.717, 1.165) is 12.1 Å². The molecular weight excluding hydrogens is 242 g/mol. The van der Waals surface area contributed by atoms with Crippen LogP contribution >= 0.6 is 11.3 Å². The molecule has 2 N–H and O–H groups in total. The minimum absolute atomic E-state index is 0.415. The molecule has 1 aromatic heterocycles. The second kappa shape index (κ2) is 6.14. The minimum atomic E-state index is -0.415. The van der Waals surface area contributed by atoms with Crippen molar-refractivity contribution in [1.29, 1.82) is 0 Å². The van der Waals surface area contributed by atoms with E-state index in [2.05, 4.69) is 37.4 Å². The van der Waals surface area contributed by atoms with E-state index in [-0.39, 0.29) is 0 Å². The van der Waals surface area contributed by atoms with Crippen LogP contribution in [0, 0.1) is 13.8 Å². The second-order valence-electron chi connectivity index (χ2n) is 4.56. The summed E-state index contributed by atoms with van der Waals surface area (Å²) in [6.45, 7) is 5.65. The van der Waals surface area contributed by atoms with Gasteiger partial charge in [-0.2, -0.15) is 11.3 Å². The summed E-state index contributed by atoms with van der Waals surface area (Å²) in [6, 6.07) is 8.30. The second-order valence-corrected chi connectivity index (χ2v) is 5.34. The third-order valence-corrected chi connectivity index (χ3v) is 4.00. The predicted octanol–water partition coefficient (Wildman–Crippen LogP) is 3.19. The van der Waals surface area contributed by atoms with Crippen LogP contribution in [-0.2, 0) is 6.54 Å². The molecule has 0 radical (unpaired) electrons. The Morgan fingerprint density at radius 2 is 2.11 bits per heavy atom. The zero-order valence-corrected chi connectivity index (χ0v) is 11.6. The van der Waals surface area contributed by atoms with Crippen molar-refractivity contribution in [1.82, 2.24) is 5.32 Å². The SMILES string of the molecule is Cc1cccc(CNCC(O)c2ccsc2)c1C. The molecule has 1 atom stereocenters. The number of aryl methyl sites for hydroxylation is 1. The van der Waals surface area contributed by atoms with Gasteiger partial charge in [0.05, 0.1) is 6.10 Å². The summed E-state index contributed by atoms with van der Waals surface area (Å²) >= 11 is 1.61. The van der Waals surface area contributed by atoms with E-state index in [1.807, 2.05) is 16.8 Å². The smallest absolute Gasteiger partial charge is 0.0922 e. The van der Waals surface area contributed by atoms with Crippen LogP contribution in [0.4, 0.5) is 0 Å². The van der Waals surface area contributed by atoms with E-state index < -0.39 is 6.10 Å². The Kier molecular flexibility index (Phi) is 4.53. The molecule has 2 rings (SSSR count). The molecule has 1 heterocycles. The third-order valence-electron chi connectivity index (χ3n) is 3.30. The van der Waals surface area contributed by atoms with Gasteiger partial charge in [0, 0.05) is 13.1 Å². The van der Waals surface area contributed by atoms with Gasteiger partial charge >= 0.3 is 0 Å². The zero-order valence-electron chi connectivity index (χ0n) is 10.8. The average molecular weight is 261 g/mol. The molecule has 2 aromatic rings. The summed E-state index contributed by atoms with van der Waals surface area (Å²) in [5.74, 6) is 0. The summed E-state index contributed by atoms with van der Waals surface area (Å²) < 4.78 is 0. The van der Waals surface area contributed by atoms with Crippen molar-refractivity contribution in [2.75, 3.05) is 6.54 Å². The molecule has 1 unspecified atom stereocenters. The van der Waals surface area contributed by atoms with Crippen molar-refractivity contribution in [2.24, 2.45) is 0 Å². The molecule has 0 aliphatic heterocycles. The van der Waals surface area contributed by atoms with Gasteiger partial charge in [-0.05, 0) is 52.9 Å². The number of hydrogen-bond acceptors (Lipinski definition) is 3. The first-order chi connectivity index (χ1) is 8.68. The van der Waals surface area contributed by atoms with E-state index in [1.54, 1.807) is 11.3 Å². The summed E-state index contributed by atoms with van der Waals surface area (Å²) in [7, 11) is 0. The van der Waals surface area contributed by atoms with Crippen LogP contribution in [0.2, 0.25) is 0 Å². The number of hydrogen-bond donors (Lipinski definition) is 2. The van der Waals surface area contributed by atoms with Crippen molar-refractivity contribution in [3.8, 4) is 0 Å². The van der Waals surface area contributed by atoms with Crippen LogP contribution in [0.25, 0.3) is 0 Å². The molecule has 2 nitrogen and oxygen atoms in total. The van der Waals surface area contributed by atoms with Crippen molar-refractivity contribution in [3.05, 3.63) is 57.3 Å². The fourth-order valence-electron chi connectivity index (χ4n) is 1.93. The normalized spacial score (nSPS) is 12.6. The van der Waals surface area contributed by atoms with E-state index in [1.165, 1.54) is 16.7 Å². The monoisotopic (exact) mass is 261 g/mol. The lowest BCUT2D eigenvalue weighted by Gasteiger charge is -2.12. The Balaban J connectivity index is 1.87. The molecule has 96 valence electrons. The summed E-state index contributed by atoms with van der Waals surface area (Å²) in [4.78, 5) is 0. The van der Waals surface area contributed by atoms with E-state index in [9.17, 15) is 5.11 Å². The van der Waals surface area contributed by atoms with Crippen molar-refractivity contribution >= 4 is 11.3 Å². The third kappa shape index (κ3) is 3.19. The fourth-order valence-corrected chi connectivity index (χ4v) is 2.64. The number of rotatable bonds is 5. The lowest BCUT2D eigenvalue weighted by atomic mass is 10.0. The molecule has 0 bridgehead atoms. The van der Waals surface area contributed by atoms with Crippen LogP contribution in [0.5, 0.6) is 0 Å². The first-order valence-electron chi connectivity index (χ1n) is 6.14. The molecule has 0 fully saturated rings. The predicted molar refractivity (Wildman–Crippen MR) is 76.9 cm³/mol. The van der Waals surface area contributed by atoms with Crippen molar-refractivity contribution in [3.63, 3.8) is 0 Å². The van der Waals surface area contributed by atoms with Crippen LogP contribution in [0.1, 0.15) is 28.4 Å². The number of thiophene rings is 1. The number of benzene rings is 1. The standard InChI is InChI=1S/C15H19NOS/c1-11-4-3-5-13(12(11)2)8-16-9-15(17)14-6-7-18-10-14/h3-7,10,15-17H,8-9H2,1-2H3. The molecule has 18 heavy (non-hydrogen) atoms. The Morgan fingerprint density at radius 3 is 2.83 bits per heavy atom. The lowest BCUT2D eigenvalue weighted by molar-refractivity contribution is 0.175. The van der Waals surface area contributed by atoms with Crippen LogP contribution in [-0.4, -0.2) is 11.7 Å². The van der Waals surface area contributed by atoms with Gasteiger partial charge in [0.1, 0.15) is 0 Å². The Hall–Kier alpha value is -1.16. The van der Waals surface area contributed by atoms with E-state index in [0.29, 0.717) is 6.54 Å². The lowest BCUT2D eigenvalue weighted by Crippen LogP contribution is -2.21. The van der Waals surface area contributed by atoms with Gasteiger partial charge in [-0.25, -0.2) is 0 Å². The summed E-state index contributed by atoms with van der Waals surface area (Å²) in [5.41, 5.74) is 4.93. The highest BCUT2D eigenvalue weighted by atomic mass is 32.1. The number of aliphatic hydroxyl groups is 1. The van der Waals surface area contributed by atoms with Crippen molar-refractivity contribution < 1.29 is 5.11 Å². The number of aliphatic hydroxyl groups excluding tert-OH is 1. The van der Waals surface area contributed by atoms with Gasteiger partial charge in [0.2, 0.25) is 0 Å². The van der Waals surface area contributed by atoms with Crippen LogP contribution in [0.15, 0.2) is 35.0 Å². The first-order valence-corrected chi connectivity index (χ1v) is 7.08. The molecule has 0 saturated carbocycles. The molecule has 0 saturated heterocycles. The Labute approximate surface area is 112 Å². The van der Waals surface area contributed by atoms with Crippen LogP contribution < -0.4 is 5.32 Å². The quantitative estimate of drug-likeness (QED) is 0.866. The zero-order chi connectivity index (χ0) is 13.0. The highest BCUT2D eigenvalue weighted by Gasteiger charge is 2.07. The highest BCUT2D eigenvalue weighted by Crippen LogP contribution is 2.16. The largest absolute Gasteiger partial charge is 0.387 e. The van der Waals surface area contributed by atoms with Gasteiger partial charge in [0.25, 0.3) is 0 Å². The topological polar surface area (TPSA) is 32.3 Å². The number of nitrogens with one attached hydrogen (secondary N) is 1. The molecule has 0 spiro atoms. The van der Waals surface area contributed by atoms with E-state index >= 15 is 0 Å². The maximum absolute atomic E-state index is 9.96. The van der Waals surface area contributed by atoms with E-state index in [4.69, 9.17) is 0 Å². The Bertz CT molecular complexity index is 493. The van der Waals surface area contributed by atoms with Gasteiger partial charge in [-0.15, -0.1) is 0 Å². The molecule has 0 amide bonds. The van der Waals surface area contributed by atoms with Gasteiger partial charge in [-0.3, -0.25) is 0 Å². The minimum Gasteiger partial charge on any atom is -0.387 e. The first kappa shape index (κ1) is 13.3. The maximum Gasteiger partial charge on any atom is 0.0922 e. The average Bonchev–Trinajstić information content (AvgIpc) is 2.88. The molecule has 0 aliphatic rings. The summed E-state index contributed by atoms with van der Waals surface area (Å²) in [5, 5.41) is 17.2. The van der Waals surface area contributed by atoms with Gasteiger partial charge in [0.15, 0.2) is 0 Å². The maximum atomic E-state index is 9.96. The fraction of sp³-hybridized carbons (Fsp3) is 0.333. The van der Waals surface area contributed by atoms with Gasteiger partial charge in [-0.1, -0.05) is 18.2 Å². The van der Waals surface area contributed by atoms with Crippen molar-refractivity contribution in [2.45, 2.75) is 26.5 Å². The molecule has 3 heteroatoms. The van der Waals surface area contributed by atoms with Crippen LogP contribution in [0.3, 0.4) is 0 Å².